The van der Waals surface area contributed by atoms with Crippen molar-refractivity contribution in [3.63, 3.8) is 0 Å². The summed E-state index contributed by atoms with van der Waals surface area (Å²) >= 11 is 0. The molecule has 0 saturated carbocycles. The summed E-state index contributed by atoms with van der Waals surface area (Å²) in [6, 6.07) is -0.597. The predicted molar refractivity (Wildman–Crippen MR) is 60.8 cm³/mol. The highest BCUT2D eigenvalue weighted by atomic mass is 16.5. The molecule has 1 fully saturated rings. The fraction of sp³-hybridized carbons (Fsp3) is 0.778. The molecule has 1 rings (SSSR count). The molecule has 2 amide bonds. The van der Waals surface area contributed by atoms with Gasteiger partial charge in [-0.1, -0.05) is 0 Å². The Morgan fingerprint density at radius 2 is 1.62 bits per heavy atom. The van der Waals surface area contributed by atoms with Crippen molar-refractivity contribution in [2.45, 2.75) is 19.0 Å². The number of amides is 2. The van der Waals surface area contributed by atoms with Crippen LogP contribution in [0.25, 0.3) is 0 Å². The number of nitrogens with zero attached hydrogens (tertiary/aromatic N) is 2. The van der Waals surface area contributed by atoms with Crippen LogP contribution < -0.4 is 5.23 Å². The first-order valence-electron chi connectivity index (χ1n) is 5.18. The lowest BCUT2D eigenvalue weighted by atomic mass is 9.89. The lowest BCUT2D eigenvalue weighted by Crippen LogP contribution is -2.51. The summed E-state index contributed by atoms with van der Waals surface area (Å²) in [6.45, 7) is 1.78. The summed E-state index contributed by atoms with van der Waals surface area (Å²) in [6.07, 6.45) is -0.736. The highest BCUT2D eigenvalue weighted by Crippen LogP contribution is 2.13. The van der Waals surface area contributed by atoms with Crippen molar-refractivity contribution in [3.05, 3.63) is 0 Å². The molecule has 6 nitrogen and oxygen atoms in total. The van der Waals surface area contributed by atoms with Crippen LogP contribution in [0, 0.1) is 0 Å². The van der Waals surface area contributed by atoms with Gasteiger partial charge in [-0.05, 0) is 6.82 Å². The van der Waals surface area contributed by atoms with Crippen LogP contribution in [0.2, 0.25) is 6.82 Å². The Morgan fingerprint density at radius 1 is 1.12 bits per heavy atom. The van der Waals surface area contributed by atoms with Gasteiger partial charge in [-0.25, -0.2) is 0 Å². The van der Waals surface area contributed by atoms with Crippen molar-refractivity contribution in [3.8, 4) is 0 Å². The molecule has 1 aliphatic rings. The quantitative estimate of drug-likeness (QED) is 0.592. The van der Waals surface area contributed by atoms with Crippen LogP contribution in [0.15, 0.2) is 0 Å². The SMILES string of the molecule is CB1NC(C(=O)N(C)C)C(C(=O)N(C)C)O1. The maximum absolute atomic E-state index is 11.8. The minimum absolute atomic E-state index is 0.149. The lowest BCUT2D eigenvalue weighted by Gasteiger charge is -2.23. The molecule has 7 heteroatoms. The number of rotatable bonds is 2. The number of hydrogen-bond donors (Lipinski definition) is 1. The number of carbonyl (C=O) groups excluding carboxylic acids is 2. The zero-order chi connectivity index (χ0) is 12.5. The monoisotopic (exact) mass is 227 g/mol. The van der Waals surface area contributed by atoms with E-state index in [1.165, 1.54) is 9.80 Å². The van der Waals surface area contributed by atoms with E-state index in [0.717, 1.165) is 0 Å². The third kappa shape index (κ3) is 2.54. The van der Waals surface area contributed by atoms with Gasteiger partial charge >= 0.3 is 7.05 Å². The summed E-state index contributed by atoms with van der Waals surface area (Å²) < 4.78 is 5.42. The Kier molecular flexibility index (Phi) is 3.93. The van der Waals surface area contributed by atoms with Gasteiger partial charge in [-0.2, -0.15) is 0 Å². The van der Waals surface area contributed by atoms with Crippen LogP contribution in [-0.4, -0.2) is 69.0 Å². The molecule has 1 heterocycles. The topological polar surface area (TPSA) is 61.9 Å². The molecular formula is C9H18BN3O3. The van der Waals surface area contributed by atoms with Gasteiger partial charge in [0.2, 0.25) is 5.91 Å². The van der Waals surface area contributed by atoms with E-state index in [1.807, 2.05) is 0 Å². The van der Waals surface area contributed by atoms with Gasteiger partial charge in [-0.15, -0.1) is 0 Å². The highest BCUT2D eigenvalue weighted by molar-refractivity contribution is 6.49. The Bertz CT molecular complexity index is 268. The third-order valence-electron chi connectivity index (χ3n) is 2.46. The maximum atomic E-state index is 11.8. The van der Waals surface area contributed by atoms with E-state index in [0.29, 0.717) is 0 Å². The summed E-state index contributed by atoms with van der Waals surface area (Å²) in [5, 5.41) is 2.96. The molecule has 0 aliphatic carbocycles. The molecule has 1 N–H and O–H groups in total. The molecule has 16 heavy (non-hydrogen) atoms. The van der Waals surface area contributed by atoms with Gasteiger partial charge in [0.15, 0.2) is 0 Å². The Hall–Kier alpha value is -1.08. The Labute approximate surface area is 96.0 Å². The molecule has 90 valence electrons. The van der Waals surface area contributed by atoms with E-state index in [9.17, 15) is 9.59 Å². The van der Waals surface area contributed by atoms with Gasteiger partial charge in [0.25, 0.3) is 5.91 Å². The first kappa shape index (κ1) is 13.0. The second kappa shape index (κ2) is 4.84. The van der Waals surface area contributed by atoms with Gasteiger partial charge < -0.3 is 19.7 Å². The standard InChI is InChI=1S/C9H18BN3O3/c1-10-11-6(8(14)12(2)3)7(16-10)9(15)13(4)5/h6-7,11H,1-5H3. The maximum Gasteiger partial charge on any atom is 0.377 e. The molecule has 0 aromatic heterocycles. The summed E-state index contributed by atoms with van der Waals surface area (Å²) in [5.74, 6) is -0.346. The predicted octanol–water partition coefficient (Wildman–Crippen LogP) is -1.36. The van der Waals surface area contributed by atoms with Crippen LogP contribution in [0.5, 0.6) is 0 Å². The van der Waals surface area contributed by atoms with Crippen LogP contribution in [-0.2, 0) is 14.2 Å². The molecule has 0 aromatic carbocycles. The second-order valence-corrected chi connectivity index (χ2v) is 4.31. The fourth-order valence-electron chi connectivity index (χ4n) is 1.61. The fourth-order valence-corrected chi connectivity index (χ4v) is 1.61. The molecule has 0 bridgehead atoms. The van der Waals surface area contributed by atoms with Gasteiger partial charge in [0.1, 0.15) is 12.1 Å². The van der Waals surface area contributed by atoms with Gasteiger partial charge in [-0.3, -0.25) is 9.59 Å². The minimum Gasteiger partial charge on any atom is -0.408 e. The Balaban J connectivity index is 2.82. The smallest absolute Gasteiger partial charge is 0.377 e. The average Bonchev–Trinajstić information content (AvgIpc) is 2.57. The van der Waals surface area contributed by atoms with Crippen molar-refractivity contribution >= 4 is 18.9 Å². The Morgan fingerprint density at radius 3 is 2.06 bits per heavy atom. The molecule has 1 saturated heterocycles. The van der Waals surface area contributed by atoms with Gasteiger partial charge in [0.05, 0.1) is 0 Å². The van der Waals surface area contributed by atoms with Crippen LogP contribution in [0.4, 0.5) is 0 Å². The number of carbonyl (C=O) groups is 2. The number of nitrogens with one attached hydrogen (secondary N) is 1. The van der Waals surface area contributed by atoms with E-state index < -0.39 is 12.1 Å². The highest BCUT2D eigenvalue weighted by Gasteiger charge is 2.44. The van der Waals surface area contributed by atoms with Crippen molar-refractivity contribution in [1.82, 2.24) is 15.0 Å². The number of hydrogen-bond acceptors (Lipinski definition) is 4. The van der Waals surface area contributed by atoms with Crippen molar-refractivity contribution in [1.29, 1.82) is 0 Å². The molecule has 0 radical (unpaired) electrons. The minimum atomic E-state index is -0.736. The average molecular weight is 227 g/mol. The molecular weight excluding hydrogens is 209 g/mol. The molecule has 1 aliphatic heterocycles. The molecule has 2 atom stereocenters. The first-order valence-corrected chi connectivity index (χ1v) is 5.18. The summed E-state index contributed by atoms with van der Waals surface area (Å²) in [5.41, 5.74) is 0. The van der Waals surface area contributed by atoms with E-state index in [4.69, 9.17) is 4.65 Å². The van der Waals surface area contributed by atoms with Crippen LogP contribution >= 0.6 is 0 Å². The zero-order valence-electron chi connectivity index (χ0n) is 10.4. The van der Waals surface area contributed by atoms with Crippen molar-refractivity contribution < 1.29 is 14.2 Å². The normalized spacial score (nSPS) is 24.4. The van der Waals surface area contributed by atoms with E-state index in [2.05, 4.69) is 5.23 Å². The van der Waals surface area contributed by atoms with E-state index in [-0.39, 0.29) is 18.9 Å². The van der Waals surface area contributed by atoms with E-state index in [1.54, 1.807) is 35.0 Å². The van der Waals surface area contributed by atoms with E-state index >= 15 is 0 Å². The van der Waals surface area contributed by atoms with Gasteiger partial charge in [0, 0.05) is 28.2 Å². The molecule has 0 spiro atoms. The number of likely N-dealkylation sites (N-methyl/N-ethyl adjacent to an activating group) is 2. The summed E-state index contributed by atoms with van der Waals surface area (Å²) in [4.78, 5) is 26.5. The molecule has 2 unspecified atom stereocenters. The largest absolute Gasteiger partial charge is 0.408 e. The van der Waals surface area contributed by atoms with Crippen LogP contribution in [0.3, 0.4) is 0 Å². The lowest BCUT2D eigenvalue weighted by molar-refractivity contribution is -0.142. The first-order chi connectivity index (χ1) is 7.34. The zero-order valence-corrected chi connectivity index (χ0v) is 10.4. The second-order valence-electron chi connectivity index (χ2n) is 4.31. The third-order valence-corrected chi connectivity index (χ3v) is 2.46. The van der Waals surface area contributed by atoms with Crippen LogP contribution in [0.1, 0.15) is 0 Å². The molecule has 0 aromatic rings. The summed E-state index contributed by atoms with van der Waals surface area (Å²) in [7, 11) is 6.31. The van der Waals surface area contributed by atoms with Crippen molar-refractivity contribution in [2.24, 2.45) is 0 Å². The van der Waals surface area contributed by atoms with Crippen molar-refractivity contribution in [2.75, 3.05) is 28.2 Å².